The third kappa shape index (κ3) is 4.46. The number of aromatic nitrogens is 1. The fourth-order valence-electron chi connectivity index (χ4n) is 4.18. The lowest BCUT2D eigenvalue weighted by molar-refractivity contribution is -0.384. The number of nitro groups is 1. The highest BCUT2D eigenvalue weighted by molar-refractivity contribution is 6.46. The lowest BCUT2D eigenvalue weighted by Crippen LogP contribution is -2.54. The first kappa shape index (κ1) is 24.2. The molecule has 37 heavy (non-hydrogen) atoms. The van der Waals surface area contributed by atoms with Crippen molar-refractivity contribution in [2.45, 2.75) is 6.54 Å². The summed E-state index contributed by atoms with van der Waals surface area (Å²) >= 11 is 12.3. The van der Waals surface area contributed by atoms with Crippen molar-refractivity contribution in [2.24, 2.45) is 0 Å². The Bertz CT molecular complexity index is 1660. The van der Waals surface area contributed by atoms with E-state index in [-0.39, 0.29) is 27.0 Å². The predicted molar refractivity (Wildman–Crippen MR) is 140 cm³/mol. The van der Waals surface area contributed by atoms with Crippen molar-refractivity contribution in [1.82, 2.24) is 9.88 Å². The molecule has 0 radical (unpaired) electrons. The molecule has 1 N–H and O–H groups in total. The van der Waals surface area contributed by atoms with E-state index in [0.29, 0.717) is 17.7 Å². The van der Waals surface area contributed by atoms with Gasteiger partial charge in [0.25, 0.3) is 17.5 Å². The van der Waals surface area contributed by atoms with Gasteiger partial charge in [-0.3, -0.25) is 25.0 Å². The molecule has 1 fully saturated rings. The molecule has 0 saturated carbocycles. The zero-order valence-corrected chi connectivity index (χ0v) is 20.4. The zero-order chi connectivity index (χ0) is 26.3. The second kappa shape index (κ2) is 9.53. The van der Waals surface area contributed by atoms with Crippen LogP contribution in [0.4, 0.5) is 16.2 Å². The summed E-state index contributed by atoms with van der Waals surface area (Å²) < 4.78 is 1.86. The highest BCUT2D eigenvalue weighted by atomic mass is 35.5. The van der Waals surface area contributed by atoms with Crippen LogP contribution >= 0.6 is 23.2 Å². The molecule has 1 aromatic heterocycles. The van der Waals surface area contributed by atoms with Crippen LogP contribution in [0.1, 0.15) is 11.1 Å². The van der Waals surface area contributed by atoms with Crippen LogP contribution in [-0.2, 0) is 16.1 Å². The van der Waals surface area contributed by atoms with E-state index in [1.54, 1.807) is 18.3 Å². The standard InChI is InChI=1S/C26H16Cl2N4O5/c27-20-8-4-10-22(23(20)28)31-25(34)19(24(33)29-26(31)35)12-16-14-30(21-9-2-1-7-18(16)21)13-15-5-3-6-17(11-15)32(36)37/h1-12,14H,13H2,(H,29,33,35)/b19-12+. The van der Waals surface area contributed by atoms with Crippen LogP contribution in [0.5, 0.6) is 0 Å². The molecular weight excluding hydrogens is 519 g/mol. The van der Waals surface area contributed by atoms with E-state index >= 15 is 0 Å². The summed E-state index contributed by atoms with van der Waals surface area (Å²) in [5.74, 6) is -1.70. The minimum Gasteiger partial charge on any atom is -0.342 e. The topological polar surface area (TPSA) is 115 Å². The number of halogens is 2. The van der Waals surface area contributed by atoms with Gasteiger partial charge in [-0.2, -0.15) is 0 Å². The number of imide groups is 2. The van der Waals surface area contributed by atoms with Crippen LogP contribution in [0.25, 0.3) is 17.0 Å². The number of hydrogen-bond donors (Lipinski definition) is 1. The number of urea groups is 1. The van der Waals surface area contributed by atoms with Gasteiger partial charge in [0.05, 0.1) is 20.7 Å². The van der Waals surface area contributed by atoms with E-state index < -0.39 is 22.8 Å². The molecule has 0 unspecified atom stereocenters. The Balaban J connectivity index is 1.57. The Labute approximate surface area is 219 Å². The maximum Gasteiger partial charge on any atom is 0.336 e. The fourth-order valence-corrected chi connectivity index (χ4v) is 4.56. The van der Waals surface area contributed by atoms with Gasteiger partial charge in [-0.15, -0.1) is 0 Å². The minimum absolute atomic E-state index is 0.00470. The van der Waals surface area contributed by atoms with Crippen molar-refractivity contribution in [3.63, 3.8) is 0 Å². The molecule has 4 aromatic rings. The number of anilines is 1. The molecule has 3 aromatic carbocycles. The van der Waals surface area contributed by atoms with E-state index in [1.807, 2.05) is 28.8 Å². The van der Waals surface area contributed by atoms with Crippen LogP contribution in [0, 0.1) is 10.1 Å². The van der Waals surface area contributed by atoms with E-state index in [4.69, 9.17) is 23.2 Å². The monoisotopic (exact) mass is 534 g/mol. The molecule has 0 bridgehead atoms. The van der Waals surface area contributed by atoms with Crippen molar-refractivity contribution in [3.8, 4) is 0 Å². The number of non-ortho nitro benzene ring substituents is 1. The molecule has 4 amide bonds. The fraction of sp³-hybridized carbons (Fsp3) is 0.0385. The van der Waals surface area contributed by atoms with Crippen molar-refractivity contribution in [3.05, 3.63) is 110 Å². The number of barbiturate groups is 1. The molecule has 0 aliphatic carbocycles. The number of fused-ring (bicyclic) bond motifs is 1. The van der Waals surface area contributed by atoms with E-state index in [9.17, 15) is 24.5 Å². The average Bonchev–Trinajstić information content (AvgIpc) is 3.21. The van der Waals surface area contributed by atoms with Crippen molar-refractivity contribution >= 4 is 69.4 Å². The van der Waals surface area contributed by atoms with E-state index in [2.05, 4.69) is 5.32 Å². The summed E-state index contributed by atoms with van der Waals surface area (Å²) in [6, 6.07) is 17.2. The highest BCUT2D eigenvalue weighted by Gasteiger charge is 2.38. The van der Waals surface area contributed by atoms with E-state index in [0.717, 1.165) is 15.8 Å². The van der Waals surface area contributed by atoms with Gasteiger partial charge in [0.1, 0.15) is 5.57 Å². The molecule has 184 valence electrons. The SMILES string of the molecule is O=C1NC(=O)N(c2cccc(Cl)c2Cl)C(=O)/C1=C/c1cn(Cc2cccc([N+](=O)[O-])c2)c2ccccc12. The minimum atomic E-state index is -0.940. The number of nitrogens with zero attached hydrogens (tertiary/aromatic N) is 3. The molecule has 2 heterocycles. The van der Waals surface area contributed by atoms with Gasteiger partial charge in [-0.1, -0.05) is 59.6 Å². The average molecular weight is 535 g/mol. The highest BCUT2D eigenvalue weighted by Crippen LogP contribution is 2.35. The normalized spacial score (nSPS) is 14.9. The molecular formula is C26H16Cl2N4O5. The molecule has 0 spiro atoms. The van der Waals surface area contributed by atoms with Gasteiger partial charge in [0.2, 0.25) is 0 Å². The number of nitro benzene ring substituents is 1. The van der Waals surface area contributed by atoms with Crippen LogP contribution in [0.3, 0.4) is 0 Å². The summed E-state index contributed by atoms with van der Waals surface area (Å²) in [4.78, 5) is 50.1. The van der Waals surface area contributed by atoms with Gasteiger partial charge in [0.15, 0.2) is 0 Å². The zero-order valence-electron chi connectivity index (χ0n) is 18.9. The number of hydrogen-bond acceptors (Lipinski definition) is 5. The molecule has 0 atom stereocenters. The van der Waals surface area contributed by atoms with Gasteiger partial charge in [-0.25, -0.2) is 9.69 Å². The lowest BCUT2D eigenvalue weighted by Gasteiger charge is -2.27. The molecule has 11 heteroatoms. The van der Waals surface area contributed by atoms with Crippen molar-refractivity contribution in [2.75, 3.05) is 4.90 Å². The quantitative estimate of drug-likeness (QED) is 0.155. The Morgan fingerprint density at radius 3 is 2.51 bits per heavy atom. The van der Waals surface area contributed by atoms with Crippen LogP contribution in [-0.4, -0.2) is 27.3 Å². The second-order valence-electron chi connectivity index (χ2n) is 8.19. The van der Waals surface area contributed by atoms with Gasteiger partial charge >= 0.3 is 6.03 Å². The molecule has 1 aliphatic rings. The molecule has 5 rings (SSSR count). The van der Waals surface area contributed by atoms with E-state index in [1.165, 1.54) is 36.4 Å². The number of nitrogens with one attached hydrogen (secondary N) is 1. The number of rotatable bonds is 5. The number of carbonyl (C=O) groups excluding carboxylic acids is 3. The number of benzene rings is 3. The Morgan fingerprint density at radius 2 is 1.73 bits per heavy atom. The molecule has 1 saturated heterocycles. The third-order valence-electron chi connectivity index (χ3n) is 5.87. The summed E-state index contributed by atoms with van der Waals surface area (Å²) in [6.07, 6.45) is 3.14. The Kier molecular flexibility index (Phi) is 6.24. The lowest BCUT2D eigenvalue weighted by atomic mass is 10.1. The van der Waals surface area contributed by atoms with Gasteiger partial charge in [0, 0.05) is 41.3 Å². The van der Waals surface area contributed by atoms with Crippen molar-refractivity contribution in [1.29, 1.82) is 0 Å². The Morgan fingerprint density at radius 1 is 0.973 bits per heavy atom. The van der Waals surface area contributed by atoms with Crippen molar-refractivity contribution < 1.29 is 19.3 Å². The van der Waals surface area contributed by atoms with Crippen LogP contribution in [0.2, 0.25) is 10.0 Å². The summed E-state index contributed by atoms with van der Waals surface area (Å²) in [6.45, 7) is 0.314. The second-order valence-corrected chi connectivity index (χ2v) is 8.97. The van der Waals surface area contributed by atoms with Crippen LogP contribution < -0.4 is 10.2 Å². The third-order valence-corrected chi connectivity index (χ3v) is 6.68. The maximum absolute atomic E-state index is 13.4. The number of carbonyl (C=O) groups is 3. The first-order chi connectivity index (χ1) is 17.7. The summed E-state index contributed by atoms with van der Waals surface area (Å²) in [7, 11) is 0. The van der Waals surface area contributed by atoms with Crippen LogP contribution in [0.15, 0.2) is 78.5 Å². The summed E-state index contributed by atoms with van der Waals surface area (Å²) in [5.41, 5.74) is 1.79. The summed E-state index contributed by atoms with van der Waals surface area (Å²) in [5, 5.41) is 14.2. The number of amides is 4. The first-order valence-electron chi connectivity index (χ1n) is 10.9. The van der Waals surface area contributed by atoms with Gasteiger partial charge in [-0.05, 0) is 29.8 Å². The maximum atomic E-state index is 13.4. The predicted octanol–water partition coefficient (Wildman–Crippen LogP) is 5.57. The largest absolute Gasteiger partial charge is 0.342 e. The first-order valence-corrected chi connectivity index (χ1v) is 11.7. The van der Waals surface area contributed by atoms with Gasteiger partial charge < -0.3 is 4.57 Å². The smallest absolute Gasteiger partial charge is 0.336 e. The number of para-hydroxylation sites is 1. The Hall–Kier alpha value is -4.47. The molecule has 9 nitrogen and oxygen atoms in total. The molecule has 1 aliphatic heterocycles.